The molecule has 0 aliphatic carbocycles. The van der Waals surface area contributed by atoms with E-state index in [2.05, 4.69) is 15.4 Å². The fraction of sp³-hybridized carbons (Fsp3) is 0.571. The van der Waals surface area contributed by atoms with Crippen LogP contribution < -0.4 is 10.6 Å². The largest absolute Gasteiger partial charge is 0.463 e. The lowest BCUT2D eigenvalue weighted by Gasteiger charge is -2.03. The van der Waals surface area contributed by atoms with E-state index in [1.54, 1.807) is 0 Å². The quantitative estimate of drug-likeness (QED) is 0.255. The topological polar surface area (TPSA) is 111 Å². The van der Waals surface area contributed by atoms with Crippen LogP contribution in [-0.4, -0.2) is 43.6 Å². The number of carbonyl (C=O) groups is 4. The molecule has 124 valence electrons. The highest BCUT2D eigenvalue weighted by Gasteiger charge is 2.01. The summed E-state index contributed by atoms with van der Waals surface area (Å²) in [5.41, 5.74) is 0. The van der Waals surface area contributed by atoms with Crippen molar-refractivity contribution in [3.8, 4) is 0 Å². The van der Waals surface area contributed by atoms with Gasteiger partial charge < -0.3 is 20.1 Å². The van der Waals surface area contributed by atoms with E-state index < -0.39 is 11.9 Å². The van der Waals surface area contributed by atoms with Crippen molar-refractivity contribution in [1.82, 2.24) is 10.6 Å². The van der Waals surface area contributed by atoms with Gasteiger partial charge in [0.1, 0.15) is 0 Å². The maximum Gasteiger partial charge on any atom is 0.332 e. The maximum atomic E-state index is 11.3. The fourth-order valence-electron chi connectivity index (χ4n) is 1.28. The molecule has 8 heteroatoms. The second kappa shape index (κ2) is 12.4. The number of ether oxygens (including phenoxy) is 2. The standard InChI is InChI=1S/C14H22N2O6/c1-11(17)15-8-4-3-5-9-21-13(19)6-7-14(20)22-10-16-12(2)18/h6-7H,3-5,8-10H2,1-2H3,(H,15,17)(H,16,18)/b7-6+. The van der Waals surface area contributed by atoms with Crippen LogP contribution in [-0.2, 0) is 28.7 Å². The highest BCUT2D eigenvalue weighted by molar-refractivity contribution is 5.91. The summed E-state index contributed by atoms with van der Waals surface area (Å²) >= 11 is 0. The smallest absolute Gasteiger partial charge is 0.332 e. The van der Waals surface area contributed by atoms with E-state index in [1.165, 1.54) is 13.8 Å². The molecule has 0 aromatic heterocycles. The Kier molecular flexibility index (Phi) is 11.0. The summed E-state index contributed by atoms with van der Waals surface area (Å²) in [6, 6.07) is 0. The van der Waals surface area contributed by atoms with E-state index >= 15 is 0 Å². The lowest BCUT2D eigenvalue weighted by Crippen LogP contribution is -2.24. The Morgan fingerprint density at radius 2 is 1.41 bits per heavy atom. The van der Waals surface area contributed by atoms with Gasteiger partial charge in [-0.05, 0) is 19.3 Å². The van der Waals surface area contributed by atoms with E-state index in [4.69, 9.17) is 4.74 Å². The molecule has 0 aromatic rings. The van der Waals surface area contributed by atoms with Gasteiger partial charge in [0.15, 0.2) is 6.73 Å². The van der Waals surface area contributed by atoms with Crippen LogP contribution in [0.15, 0.2) is 12.2 Å². The van der Waals surface area contributed by atoms with Gasteiger partial charge in [-0.2, -0.15) is 0 Å². The van der Waals surface area contributed by atoms with Gasteiger partial charge in [0.25, 0.3) is 0 Å². The molecule has 0 rings (SSSR count). The SMILES string of the molecule is CC(=O)NCCCCCOC(=O)/C=C/C(=O)OCNC(C)=O. The number of carbonyl (C=O) groups excluding carboxylic acids is 4. The Labute approximate surface area is 129 Å². The number of nitrogens with one attached hydrogen (secondary N) is 2. The van der Waals surface area contributed by atoms with Crippen LogP contribution in [0.3, 0.4) is 0 Å². The van der Waals surface area contributed by atoms with Crippen molar-refractivity contribution in [2.75, 3.05) is 19.9 Å². The summed E-state index contributed by atoms with van der Waals surface area (Å²) in [6.07, 6.45) is 4.19. The highest BCUT2D eigenvalue weighted by atomic mass is 16.5. The Balaban J connectivity index is 3.59. The third-order valence-electron chi connectivity index (χ3n) is 2.33. The minimum absolute atomic E-state index is 0.0676. The first-order valence-electron chi connectivity index (χ1n) is 6.92. The minimum Gasteiger partial charge on any atom is -0.463 e. The molecule has 8 nitrogen and oxygen atoms in total. The maximum absolute atomic E-state index is 11.3. The molecule has 22 heavy (non-hydrogen) atoms. The molecule has 0 aliphatic rings. The summed E-state index contributed by atoms with van der Waals surface area (Å²) in [5, 5.41) is 4.94. The van der Waals surface area contributed by atoms with Gasteiger partial charge >= 0.3 is 11.9 Å². The zero-order valence-corrected chi connectivity index (χ0v) is 12.8. The molecule has 0 bridgehead atoms. The molecular formula is C14H22N2O6. The fourth-order valence-corrected chi connectivity index (χ4v) is 1.28. The van der Waals surface area contributed by atoms with Crippen LogP contribution in [0.1, 0.15) is 33.1 Å². The third kappa shape index (κ3) is 14.0. The first kappa shape index (κ1) is 19.6. The second-order valence-corrected chi connectivity index (χ2v) is 4.39. The Bertz CT molecular complexity index is 420. The summed E-state index contributed by atoms with van der Waals surface area (Å²) in [5.74, 6) is -1.78. The molecule has 0 unspecified atom stereocenters. The Morgan fingerprint density at radius 3 is 2.00 bits per heavy atom. The molecule has 0 radical (unpaired) electrons. The number of rotatable bonds is 10. The van der Waals surface area contributed by atoms with Crippen molar-refractivity contribution in [3.05, 3.63) is 12.2 Å². The summed E-state index contributed by atoms with van der Waals surface area (Å²) in [6.45, 7) is 3.34. The minimum atomic E-state index is -0.749. The summed E-state index contributed by atoms with van der Waals surface area (Å²) in [4.78, 5) is 43.5. The molecular weight excluding hydrogens is 292 g/mol. The molecule has 0 saturated heterocycles. The number of hydrogen-bond donors (Lipinski definition) is 2. The molecule has 0 atom stereocenters. The van der Waals surface area contributed by atoms with Gasteiger partial charge in [-0.15, -0.1) is 0 Å². The summed E-state index contributed by atoms with van der Waals surface area (Å²) in [7, 11) is 0. The Morgan fingerprint density at radius 1 is 0.818 bits per heavy atom. The van der Waals surface area contributed by atoms with E-state index in [1.807, 2.05) is 0 Å². The van der Waals surface area contributed by atoms with Crippen LogP contribution in [0.4, 0.5) is 0 Å². The van der Waals surface area contributed by atoms with Gasteiger partial charge in [0, 0.05) is 32.5 Å². The number of esters is 2. The number of hydrogen-bond acceptors (Lipinski definition) is 6. The van der Waals surface area contributed by atoms with Gasteiger partial charge in [-0.3, -0.25) is 9.59 Å². The number of amides is 2. The normalized spacial score (nSPS) is 10.1. The second-order valence-electron chi connectivity index (χ2n) is 4.39. The van der Waals surface area contributed by atoms with Crippen molar-refractivity contribution in [1.29, 1.82) is 0 Å². The van der Waals surface area contributed by atoms with E-state index in [-0.39, 0.29) is 25.2 Å². The van der Waals surface area contributed by atoms with Crippen molar-refractivity contribution >= 4 is 23.8 Å². The van der Waals surface area contributed by atoms with Gasteiger partial charge in [0.2, 0.25) is 11.8 Å². The molecule has 0 spiro atoms. The van der Waals surface area contributed by atoms with Crippen molar-refractivity contribution in [2.24, 2.45) is 0 Å². The van der Waals surface area contributed by atoms with Crippen LogP contribution in [0.25, 0.3) is 0 Å². The average molecular weight is 314 g/mol. The number of unbranched alkanes of at least 4 members (excludes halogenated alkanes) is 2. The molecule has 2 N–H and O–H groups in total. The van der Waals surface area contributed by atoms with Crippen LogP contribution in [0.5, 0.6) is 0 Å². The van der Waals surface area contributed by atoms with Gasteiger partial charge in [-0.1, -0.05) is 0 Å². The molecule has 0 saturated carbocycles. The van der Waals surface area contributed by atoms with E-state index in [0.29, 0.717) is 13.0 Å². The Hall–Kier alpha value is -2.38. The highest BCUT2D eigenvalue weighted by Crippen LogP contribution is 1.96. The first-order valence-corrected chi connectivity index (χ1v) is 6.92. The van der Waals surface area contributed by atoms with E-state index in [0.717, 1.165) is 25.0 Å². The lowest BCUT2D eigenvalue weighted by molar-refractivity contribution is -0.141. The zero-order valence-electron chi connectivity index (χ0n) is 12.8. The summed E-state index contributed by atoms with van der Waals surface area (Å²) < 4.78 is 9.46. The predicted octanol–water partition coefficient (Wildman–Crippen LogP) is 0.0290. The van der Waals surface area contributed by atoms with Crippen molar-refractivity contribution in [3.63, 3.8) is 0 Å². The molecule has 0 aliphatic heterocycles. The monoisotopic (exact) mass is 314 g/mol. The van der Waals surface area contributed by atoms with Crippen molar-refractivity contribution < 1.29 is 28.7 Å². The zero-order chi connectivity index (χ0) is 16.8. The van der Waals surface area contributed by atoms with Crippen LogP contribution >= 0.6 is 0 Å². The molecule has 0 aromatic carbocycles. The first-order chi connectivity index (χ1) is 10.4. The van der Waals surface area contributed by atoms with Crippen LogP contribution in [0.2, 0.25) is 0 Å². The molecule has 2 amide bonds. The predicted molar refractivity (Wildman–Crippen MR) is 77.4 cm³/mol. The van der Waals surface area contributed by atoms with Crippen molar-refractivity contribution in [2.45, 2.75) is 33.1 Å². The lowest BCUT2D eigenvalue weighted by atomic mass is 10.2. The van der Waals surface area contributed by atoms with Gasteiger partial charge in [-0.25, -0.2) is 9.59 Å². The average Bonchev–Trinajstić information content (AvgIpc) is 2.43. The van der Waals surface area contributed by atoms with E-state index in [9.17, 15) is 19.2 Å². The molecule has 0 fully saturated rings. The van der Waals surface area contributed by atoms with Gasteiger partial charge in [0.05, 0.1) is 6.61 Å². The van der Waals surface area contributed by atoms with Crippen LogP contribution in [0, 0.1) is 0 Å². The third-order valence-corrected chi connectivity index (χ3v) is 2.33. The molecule has 0 heterocycles.